The number of benzene rings is 1. The Labute approximate surface area is 192 Å². The number of nitrogens with two attached hydrogens (primary N) is 1. The summed E-state index contributed by atoms with van der Waals surface area (Å²) in [5.41, 5.74) is 9.29. The van der Waals surface area contributed by atoms with Gasteiger partial charge in [-0.25, -0.2) is 9.97 Å². The molecule has 7 heteroatoms. The number of carbonyl (C=O) groups is 1. The molecule has 0 atom stereocenters. The molecule has 1 fully saturated rings. The van der Waals surface area contributed by atoms with E-state index < -0.39 is 0 Å². The Bertz CT molecular complexity index is 1130. The Morgan fingerprint density at radius 1 is 1.19 bits per heavy atom. The highest BCUT2D eigenvalue weighted by molar-refractivity contribution is 6.31. The normalized spacial score (nSPS) is 15.8. The van der Waals surface area contributed by atoms with Crippen molar-refractivity contribution in [2.75, 3.05) is 5.73 Å². The monoisotopic (exact) mass is 448 g/mol. The molecule has 32 heavy (non-hydrogen) atoms. The van der Waals surface area contributed by atoms with Crippen molar-refractivity contribution < 1.29 is 9.53 Å². The lowest BCUT2D eigenvalue weighted by atomic mass is 9.89. The van der Waals surface area contributed by atoms with Crippen LogP contribution in [0.4, 0.5) is 5.82 Å². The van der Waals surface area contributed by atoms with Crippen LogP contribution in [0.15, 0.2) is 60.3 Å². The van der Waals surface area contributed by atoms with Gasteiger partial charge in [0, 0.05) is 18.3 Å². The van der Waals surface area contributed by atoms with E-state index >= 15 is 0 Å². The standard InChI is InChI=1S/C25H25ClN4O2/c1-16-22(26)10-12-24(29-16)32-21-4-2-3-18(14-21)13-17-5-8-20(9-6-17)30-25(31)19-7-11-23(27)28-15-19/h2-4,7,10-15,20H,5-6,8-9H2,1H3,(H2,27,28)(H,30,31). The number of hydrogen-bond acceptors (Lipinski definition) is 5. The lowest BCUT2D eigenvalue weighted by molar-refractivity contribution is 0.0930. The third-order valence-corrected chi connectivity index (χ3v) is 5.86. The third-order valence-electron chi connectivity index (χ3n) is 5.46. The van der Waals surface area contributed by atoms with Crippen molar-refractivity contribution in [2.45, 2.75) is 38.6 Å². The molecule has 1 aliphatic carbocycles. The Hall–Kier alpha value is -3.38. The molecule has 0 aliphatic heterocycles. The Morgan fingerprint density at radius 2 is 2.00 bits per heavy atom. The van der Waals surface area contributed by atoms with Gasteiger partial charge in [-0.05, 0) is 68.5 Å². The highest BCUT2D eigenvalue weighted by atomic mass is 35.5. The van der Waals surface area contributed by atoms with Crippen LogP contribution < -0.4 is 15.8 Å². The summed E-state index contributed by atoms with van der Waals surface area (Å²) >= 11 is 6.04. The molecule has 6 nitrogen and oxygen atoms in total. The highest BCUT2D eigenvalue weighted by Crippen LogP contribution is 2.28. The number of pyridine rings is 2. The van der Waals surface area contributed by atoms with E-state index in [1.165, 1.54) is 11.8 Å². The third kappa shape index (κ3) is 5.65. The van der Waals surface area contributed by atoms with Crippen LogP contribution >= 0.6 is 11.6 Å². The minimum Gasteiger partial charge on any atom is -0.439 e. The molecule has 1 saturated carbocycles. The first kappa shape index (κ1) is 21.8. The van der Waals surface area contributed by atoms with Crippen molar-refractivity contribution in [3.8, 4) is 11.6 Å². The topological polar surface area (TPSA) is 90.1 Å². The van der Waals surface area contributed by atoms with Crippen molar-refractivity contribution >= 4 is 29.4 Å². The van der Waals surface area contributed by atoms with E-state index in [1.807, 2.05) is 25.1 Å². The maximum atomic E-state index is 12.4. The van der Waals surface area contributed by atoms with Gasteiger partial charge in [-0.3, -0.25) is 4.79 Å². The van der Waals surface area contributed by atoms with E-state index in [-0.39, 0.29) is 11.9 Å². The Morgan fingerprint density at radius 3 is 2.72 bits per heavy atom. The molecule has 2 heterocycles. The van der Waals surface area contributed by atoms with Crippen LogP contribution in [-0.4, -0.2) is 21.9 Å². The first-order chi connectivity index (χ1) is 15.5. The number of halogens is 1. The van der Waals surface area contributed by atoms with Gasteiger partial charge >= 0.3 is 0 Å². The maximum absolute atomic E-state index is 12.4. The minimum atomic E-state index is -0.106. The highest BCUT2D eigenvalue weighted by Gasteiger charge is 2.19. The Kier molecular flexibility index (Phi) is 6.71. The van der Waals surface area contributed by atoms with Gasteiger partial charge in [0.25, 0.3) is 5.91 Å². The number of rotatable bonds is 5. The van der Waals surface area contributed by atoms with E-state index in [2.05, 4.69) is 27.4 Å². The van der Waals surface area contributed by atoms with Gasteiger partial charge in [0.05, 0.1) is 16.3 Å². The van der Waals surface area contributed by atoms with Crippen molar-refractivity contribution in [3.05, 3.63) is 82.1 Å². The second kappa shape index (κ2) is 9.83. The van der Waals surface area contributed by atoms with Gasteiger partial charge in [-0.15, -0.1) is 0 Å². The van der Waals surface area contributed by atoms with Gasteiger partial charge in [0.1, 0.15) is 11.6 Å². The first-order valence-corrected chi connectivity index (χ1v) is 11.0. The quantitative estimate of drug-likeness (QED) is 0.532. The summed E-state index contributed by atoms with van der Waals surface area (Å²) < 4.78 is 5.89. The van der Waals surface area contributed by atoms with Crippen LogP contribution in [0.5, 0.6) is 11.6 Å². The second-order valence-corrected chi connectivity index (χ2v) is 8.32. The number of amides is 1. The van der Waals surface area contributed by atoms with Crippen molar-refractivity contribution in [1.29, 1.82) is 0 Å². The molecule has 164 valence electrons. The number of ether oxygens (including phenoxy) is 1. The first-order valence-electron chi connectivity index (χ1n) is 10.6. The predicted molar refractivity (Wildman–Crippen MR) is 127 cm³/mol. The summed E-state index contributed by atoms with van der Waals surface area (Å²) in [6.45, 7) is 1.85. The molecule has 0 bridgehead atoms. The van der Waals surface area contributed by atoms with E-state index in [0.717, 1.165) is 42.7 Å². The van der Waals surface area contributed by atoms with E-state index in [0.29, 0.717) is 22.3 Å². The molecule has 0 spiro atoms. The van der Waals surface area contributed by atoms with Crippen molar-refractivity contribution in [3.63, 3.8) is 0 Å². The molecule has 3 aromatic rings. The molecule has 1 aromatic carbocycles. The molecule has 1 aliphatic rings. The number of anilines is 1. The number of hydrogen-bond donors (Lipinski definition) is 2. The van der Waals surface area contributed by atoms with Crippen LogP contribution in [0.2, 0.25) is 5.02 Å². The summed E-state index contributed by atoms with van der Waals surface area (Å²) in [6, 6.07) is 15.0. The molecule has 0 unspecified atom stereocenters. The molecule has 1 amide bonds. The fourth-order valence-corrected chi connectivity index (χ4v) is 3.79. The molecule has 3 N–H and O–H groups in total. The van der Waals surface area contributed by atoms with Crippen molar-refractivity contribution in [1.82, 2.24) is 15.3 Å². The van der Waals surface area contributed by atoms with E-state index in [9.17, 15) is 4.79 Å². The lowest BCUT2D eigenvalue weighted by Crippen LogP contribution is -2.36. The van der Waals surface area contributed by atoms with Crippen LogP contribution in [0.3, 0.4) is 0 Å². The fraction of sp³-hybridized carbons (Fsp3) is 0.240. The molecule has 0 saturated heterocycles. The summed E-state index contributed by atoms with van der Waals surface area (Å²) in [7, 11) is 0. The number of allylic oxidation sites excluding steroid dienone is 1. The van der Waals surface area contributed by atoms with Gasteiger partial charge in [-0.1, -0.05) is 35.4 Å². The van der Waals surface area contributed by atoms with Crippen LogP contribution in [0.25, 0.3) is 6.08 Å². The van der Waals surface area contributed by atoms with Gasteiger partial charge in [0.2, 0.25) is 5.88 Å². The smallest absolute Gasteiger partial charge is 0.253 e. The number of nitrogens with zero attached hydrogens (tertiary/aromatic N) is 2. The number of carbonyl (C=O) groups excluding carboxylic acids is 1. The number of nitrogens with one attached hydrogen (secondary N) is 1. The molecule has 0 radical (unpaired) electrons. The largest absolute Gasteiger partial charge is 0.439 e. The second-order valence-electron chi connectivity index (χ2n) is 7.91. The summed E-state index contributed by atoms with van der Waals surface area (Å²) in [5, 5.41) is 3.72. The summed E-state index contributed by atoms with van der Waals surface area (Å²) in [4.78, 5) is 20.7. The van der Waals surface area contributed by atoms with Gasteiger partial charge in [-0.2, -0.15) is 0 Å². The molecular formula is C25H25ClN4O2. The molecule has 2 aromatic heterocycles. The fourth-order valence-electron chi connectivity index (χ4n) is 3.69. The zero-order chi connectivity index (χ0) is 22.5. The maximum Gasteiger partial charge on any atom is 0.253 e. The summed E-state index contributed by atoms with van der Waals surface area (Å²) in [6.07, 6.45) is 7.40. The number of aromatic nitrogens is 2. The Balaban J connectivity index is 1.34. The SMILES string of the molecule is Cc1nc(Oc2cccc(C=C3CCC(NC(=O)c4ccc(N)nc4)CC3)c2)ccc1Cl. The van der Waals surface area contributed by atoms with Crippen LogP contribution in [-0.2, 0) is 0 Å². The van der Waals surface area contributed by atoms with Crippen molar-refractivity contribution in [2.24, 2.45) is 0 Å². The molecule has 4 rings (SSSR count). The van der Waals surface area contributed by atoms with Crippen LogP contribution in [0, 0.1) is 6.92 Å². The molecular weight excluding hydrogens is 424 g/mol. The van der Waals surface area contributed by atoms with E-state index in [4.69, 9.17) is 22.1 Å². The van der Waals surface area contributed by atoms with Gasteiger partial charge < -0.3 is 15.8 Å². The average Bonchev–Trinajstić information content (AvgIpc) is 2.78. The summed E-state index contributed by atoms with van der Waals surface area (Å²) in [5.74, 6) is 1.55. The van der Waals surface area contributed by atoms with E-state index in [1.54, 1.807) is 24.3 Å². The minimum absolute atomic E-state index is 0.106. The number of nitrogen functional groups attached to an aromatic ring is 1. The zero-order valence-electron chi connectivity index (χ0n) is 17.8. The predicted octanol–water partition coefficient (Wildman–Crippen LogP) is 5.57. The lowest BCUT2D eigenvalue weighted by Gasteiger charge is -2.25. The van der Waals surface area contributed by atoms with Crippen LogP contribution in [0.1, 0.15) is 47.3 Å². The zero-order valence-corrected chi connectivity index (χ0v) is 18.6. The average molecular weight is 449 g/mol. The van der Waals surface area contributed by atoms with Gasteiger partial charge in [0.15, 0.2) is 0 Å². The number of aryl methyl sites for hydroxylation is 1.